The molecule has 0 spiro atoms. The molecule has 5 heteroatoms. The van der Waals surface area contributed by atoms with E-state index in [0.717, 1.165) is 13.0 Å². The van der Waals surface area contributed by atoms with E-state index in [4.69, 9.17) is 4.74 Å². The molecule has 2 unspecified atom stereocenters. The van der Waals surface area contributed by atoms with Crippen molar-refractivity contribution in [2.24, 2.45) is 5.92 Å². The minimum absolute atomic E-state index is 0.0212. The monoisotopic (exact) mass is 256 g/mol. The summed E-state index contributed by atoms with van der Waals surface area (Å²) in [5, 5.41) is 3.15. The van der Waals surface area contributed by atoms with E-state index in [2.05, 4.69) is 5.32 Å². The highest BCUT2D eigenvalue weighted by atomic mass is 16.5. The van der Waals surface area contributed by atoms with Gasteiger partial charge < -0.3 is 15.0 Å². The number of carbonyl (C=O) groups is 2. The van der Waals surface area contributed by atoms with Gasteiger partial charge in [-0.1, -0.05) is 20.8 Å². The van der Waals surface area contributed by atoms with Crippen LogP contribution < -0.4 is 5.32 Å². The average molecular weight is 256 g/mol. The fourth-order valence-corrected chi connectivity index (χ4v) is 2.38. The molecule has 1 fully saturated rings. The van der Waals surface area contributed by atoms with Gasteiger partial charge in [0.25, 0.3) is 0 Å². The number of methoxy groups -OCH3 is 1. The first-order chi connectivity index (χ1) is 8.51. The Morgan fingerprint density at radius 3 is 2.72 bits per heavy atom. The van der Waals surface area contributed by atoms with E-state index < -0.39 is 6.04 Å². The number of rotatable bonds is 6. The lowest BCUT2D eigenvalue weighted by Gasteiger charge is -2.27. The van der Waals surface area contributed by atoms with Gasteiger partial charge in [-0.2, -0.15) is 0 Å². The minimum atomic E-state index is -0.439. The number of likely N-dealkylation sites (N-methyl/N-ethyl adjacent to an activating group) is 1. The van der Waals surface area contributed by atoms with Gasteiger partial charge in [0.1, 0.15) is 6.04 Å². The molecular weight excluding hydrogens is 232 g/mol. The molecule has 1 amide bonds. The Labute approximate surface area is 109 Å². The van der Waals surface area contributed by atoms with Gasteiger partial charge in [0.15, 0.2) is 0 Å². The number of nitrogens with one attached hydrogen (secondary N) is 1. The molecule has 0 aromatic rings. The first-order valence-electron chi connectivity index (χ1n) is 6.62. The molecule has 1 heterocycles. The Bertz CT molecular complexity index is 305. The van der Waals surface area contributed by atoms with Crippen molar-refractivity contribution < 1.29 is 14.3 Å². The van der Waals surface area contributed by atoms with Crippen molar-refractivity contribution in [3.05, 3.63) is 0 Å². The number of esters is 1. The smallest absolute Gasteiger partial charge is 0.328 e. The molecule has 0 radical (unpaired) electrons. The Kier molecular flexibility index (Phi) is 5.59. The summed E-state index contributed by atoms with van der Waals surface area (Å²) in [7, 11) is 1.37. The largest absolute Gasteiger partial charge is 0.467 e. The molecule has 18 heavy (non-hydrogen) atoms. The molecule has 5 nitrogen and oxygen atoms in total. The number of likely N-dealkylation sites (tertiary alicyclic amines) is 1. The second kappa shape index (κ2) is 6.73. The predicted octanol–water partition coefficient (Wildman–Crippen LogP) is 0.785. The van der Waals surface area contributed by atoms with Crippen LogP contribution in [-0.4, -0.2) is 49.1 Å². The van der Waals surface area contributed by atoms with E-state index in [1.165, 1.54) is 7.11 Å². The molecule has 0 bridgehead atoms. The number of hydrogen-bond acceptors (Lipinski definition) is 4. The van der Waals surface area contributed by atoms with Crippen molar-refractivity contribution in [3.8, 4) is 0 Å². The van der Waals surface area contributed by atoms with Crippen molar-refractivity contribution in [2.75, 3.05) is 20.2 Å². The van der Waals surface area contributed by atoms with Crippen LogP contribution >= 0.6 is 0 Å². The van der Waals surface area contributed by atoms with Gasteiger partial charge in [-0.15, -0.1) is 0 Å². The summed E-state index contributed by atoms with van der Waals surface area (Å²) in [6.07, 6.45) is 1.41. The van der Waals surface area contributed by atoms with Gasteiger partial charge in [-0.05, 0) is 25.3 Å². The van der Waals surface area contributed by atoms with Crippen molar-refractivity contribution in [1.29, 1.82) is 0 Å². The van der Waals surface area contributed by atoms with Crippen LogP contribution in [0.1, 0.15) is 33.6 Å². The van der Waals surface area contributed by atoms with Gasteiger partial charge in [0.05, 0.1) is 13.2 Å². The van der Waals surface area contributed by atoms with Gasteiger partial charge in [0, 0.05) is 6.54 Å². The highest BCUT2D eigenvalue weighted by Crippen LogP contribution is 2.20. The number of ether oxygens (including phenoxy) is 1. The SMILES string of the molecule is CCNC1CCN(C(CC(C)C)C(=O)OC)C1=O. The predicted molar refractivity (Wildman–Crippen MR) is 69.1 cm³/mol. The Hall–Kier alpha value is -1.10. The quantitative estimate of drug-likeness (QED) is 0.714. The third-order valence-corrected chi connectivity index (χ3v) is 3.23. The molecule has 0 saturated carbocycles. The maximum atomic E-state index is 12.2. The molecule has 1 rings (SSSR count). The summed E-state index contributed by atoms with van der Waals surface area (Å²) in [5.74, 6) is 0.0576. The lowest BCUT2D eigenvalue weighted by Crippen LogP contribution is -2.47. The van der Waals surface area contributed by atoms with Crippen LogP contribution in [0.4, 0.5) is 0 Å². The number of amides is 1. The molecule has 1 N–H and O–H groups in total. The molecule has 1 aliphatic heterocycles. The topological polar surface area (TPSA) is 58.6 Å². The van der Waals surface area contributed by atoms with E-state index in [1.54, 1.807) is 4.90 Å². The summed E-state index contributed by atoms with van der Waals surface area (Å²) in [5.41, 5.74) is 0. The number of hydrogen-bond donors (Lipinski definition) is 1. The van der Waals surface area contributed by atoms with E-state index in [9.17, 15) is 9.59 Å². The molecule has 1 aliphatic rings. The zero-order valence-electron chi connectivity index (χ0n) is 11.7. The van der Waals surface area contributed by atoms with E-state index in [-0.39, 0.29) is 17.9 Å². The molecule has 104 valence electrons. The summed E-state index contributed by atoms with van der Waals surface area (Å²) < 4.78 is 4.82. The van der Waals surface area contributed by atoms with E-state index in [0.29, 0.717) is 18.9 Å². The number of carbonyl (C=O) groups excluding carboxylic acids is 2. The second-order valence-corrected chi connectivity index (χ2v) is 5.10. The Balaban J connectivity index is 2.74. The molecule has 1 saturated heterocycles. The molecule has 0 aromatic heterocycles. The van der Waals surface area contributed by atoms with Crippen LogP contribution in [-0.2, 0) is 14.3 Å². The summed E-state index contributed by atoms with van der Waals surface area (Å²) in [4.78, 5) is 25.7. The first kappa shape index (κ1) is 15.0. The summed E-state index contributed by atoms with van der Waals surface area (Å²) in [6, 6.07) is -0.583. The van der Waals surface area contributed by atoms with Gasteiger partial charge >= 0.3 is 5.97 Å². The van der Waals surface area contributed by atoms with Crippen LogP contribution in [0.25, 0.3) is 0 Å². The van der Waals surface area contributed by atoms with E-state index in [1.807, 2.05) is 20.8 Å². The zero-order valence-corrected chi connectivity index (χ0v) is 11.7. The molecule has 2 atom stereocenters. The minimum Gasteiger partial charge on any atom is -0.467 e. The number of nitrogens with zero attached hydrogens (tertiary/aromatic N) is 1. The highest BCUT2D eigenvalue weighted by molar-refractivity contribution is 5.89. The van der Waals surface area contributed by atoms with Gasteiger partial charge in [0.2, 0.25) is 5.91 Å². The van der Waals surface area contributed by atoms with Crippen molar-refractivity contribution in [1.82, 2.24) is 10.2 Å². The molecular formula is C13H24N2O3. The first-order valence-corrected chi connectivity index (χ1v) is 6.62. The van der Waals surface area contributed by atoms with Crippen LogP contribution in [0.15, 0.2) is 0 Å². The average Bonchev–Trinajstić information content (AvgIpc) is 2.68. The van der Waals surface area contributed by atoms with Crippen molar-refractivity contribution >= 4 is 11.9 Å². The fourth-order valence-electron chi connectivity index (χ4n) is 2.38. The summed E-state index contributed by atoms with van der Waals surface area (Å²) in [6.45, 7) is 7.44. The van der Waals surface area contributed by atoms with Crippen LogP contribution in [0, 0.1) is 5.92 Å². The van der Waals surface area contributed by atoms with Crippen molar-refractivity contribution in [2.45, 2.75) is 45.7 Å². The maximum absolute atomic E-state index is 12.2. The maximum Gasteiger partial charge on any atom is 0.328 e. The van der Waals surface area contributed by atoms with Crippen molar-refractivity contribution in [3.63, 3.8) is 0 Å². The lowest BCUT2D eigenvalue weighted by molar-refractivity contribution is -0.152. The second-order valence-electron chi connectivity index (χ2n) is 5.10. The van der Waals surface area contributed by atoms with E-state index >= 15 is 0 Å². The Morgan fingerprint density at radius 2 is 2.22 bits per heavy atom. The lowest BCUT2D eigenvalue weighted by atomic mass is 10.0. The third-order valence-electron chi connectivity index (χ3n) is 3.23. The third kappa shape index (κ3) is 3.45. The molecule has 0 aliphatic carbocycles. The van der Waals surface area contributed by atoms with Crippen LogP contribution in [0.3, 0.4) is 0 Å². The Morgan fingerprint density at radius 1 is 1.56 bits per heavy atom. The fraction of sp³-hybridized carbons (Fsp3) is 0.846. The molecule has 0 aromatic carbocycles. The standard InChI is InChI=1S/C13H24N2O3/c1-5-14-10-6-7-15(12(10)16)11(8-9(2)3)13(17)18-4/h9-11,14H,5-8H2,1-4H3. The normalized spacial score (nSPS) is 21.5. The highest BCUT2D eigenvalue weighted by Gasteiger charge is 2.39. The summed E-state index contributed by atoms with van der Waals surface area (Å²) >= 11 is 0. The zero-order chi connectivity index (χ0) is 13.7. The van der Waals surface area contributed by atoms with Crippen LogP contribution in [0.5, 0.6) is 0 Å². The van der Waals surface area contributed by atoms with Gasteiger partial charge in [-0.25, -0.2) is 4.79 Å². The van der Waals surface area contributed by atoms with Gasteiger partial charge in [-0.3, -0.25) is 4.79 Å². The van der Waals surface area contributed by atoms with Crippen LogP contribution in [0.2, 0.25) is 0 Å².